The molecule has 1 heterocycles. The van der Waals surface area contributed by atoms with Crippen LogP contribution in [0.3, 0.4) is 0 Å². The number of aliphatic hydroxyl groups is 1. The van der Waals surface area contributed by atoms with Crippen LogP contribution in [0.1, 0.15) is 30.1 Å². The van der Waals surface area contributed by atoms with E-state index in [1.807, 2.05) is 18.2 Å². The summed E-state index contributed by atoms with van der Waals surface area (Å²) in [5, 5.41) is 20.6. The van der Waals surface area contributed by atoms with Crippen molar-refractivity contribution >= 4 is 17.6 Å². The maximum absolute atomic E-state index is 11.4. The van der Waals surface area contributed by atoms with E-state index in [9.17, 15) is 15.0 Å². The summed E-state index contributed by atoms with van der Waals surface area (Å²) in [6, 6.07) is 3.53. The predicted octanol–water partition coefficient (Wildman–Crippen LogP) is 2.98. The molecule has 0 radical (unpaired) electrons. The number of carbonyl (C=O) groups is 1. The molecule has 3 rings (SSSR count). The van der Waals surface area contributed by atoms with Gasteiger partial charge in [0.2, 0.25) is 0 Å². The van der Waals surface area contributed by atoms with E-state index in [4.69, 9.17) is 16.3 Å². The van der Waals surface area contributed by atoms with Crippen molar-refractivity contribution in [3.8, 4) is 5.75 Å². The fourth-order valence-electron chi connectivity index (χ4n) is 3.22. The molecule has 1 aliphatic heterocycles. The number of benzene rings is 1. The van der Waals surface area contributed by atoms with Crippen LogP contribution in [-0.2, 0) is 11.2 Å². The first kappa shape index (κ1) is 14.4. The molecule has 0 bridgehead atoms. The number of hydrogen-bond donors (Lipinski definition) is 2. The molecule has 1 aromatic carbocycles. The number of aliphatic hydroxyl groups excluding tert-OH is 1. The second-order valence-electron chi connectivity index (χ2n) is 5.58. The number of carboxylic acids is 1. The van der Waals surface area contributed by atoms with Gasteiger partial charge in [0.25, 0.3) is 0 Å². The summed E-state index contributed by atoms with van der Waals surface area (Å²) in [7, 11) is 0. The summed E-state index contributed by atoms with van der Waals surface area (Å²) < 4.78 is 5.61. The van der Waals surface area contributed by atoms with E-state index in [-0.39, 0.29) is 5.92 Å². The van der Waals surface area contributed by atoms with Crippen molar-refractivity contribution in [1.29, 1.82) is 0 Å². The van der Waals surface area contributed by atoms with Crippen LogP contribution in [0.2, 0.25) is 5.02 Å². The first-order valence-corrected chi connectivity index (χ1v) is 7.46. The molecule has 4 nitrogen and oxygen atoms in total. The van der Waals surface area contributed by atoms with Crippen LogP contribution in [0, 0.1) is 11.8 Å². The highest BCUT2D eigenvalue weighted by molar-refractivity contribution is 6.30. The normalized spacial score (nSPS) is 25.2. The zero-order valence-electron chi connectivity index (χ0n) is 11.5. The number of ether oxygens (including phenoxy) is 1. The third-order valence-corrected chi connectivity index (χ3v) is 4.52. The summed E-state index contributed by atoms with van der Waals surface area (Å²) in [5.41, 5.74) is 1.59. The van der Waals surface area contributed by atoms with Gasteiger partial charge >= 0.3 is 5.97 Å². The van der Waals surface area contributed by atoms with Gasteiger partial charge in [0.05, 0.1) is 18.6 Å². The summed E-state index contributed by atoms with van der Waals surface area (Å²) in [6.45, 7) is 0.572. The topological polar surface area (TPSA) is 66.8 Å². The molecular weight excluding hydrogens is 292 g/mol. The van der Waals surface area contributed by atoms with E-state index < -0.39 is 18.0 Å². The lowest BCUT2D eigenvalue weighted by Gasteiger charge is -2.30. The summed E-state index contributed by atoms with van der Waals surface area (Å²) in [6.07, 6.45) is 4.66. The van der Waals surface area contributed by atoms with Crippen LogP contribution in [-0.4, -0.2) is 22.8 Å². The number of rotatable bonds is 3. The molecule has 3 unspecified atom stereocenters. The van der Waals surface area contributed by atoms with Crippen molar-refractivity contribution in [3.63, 3.8) is 0 Å². The van der Waals surface area contributed by atoms with Gasteiger partial charge in [-0.3, -0.25) is 4.79 Å². The van der Waals surface area contributed by atoms with Crippen LogP contribution >= 0.6 is 11.6 Å². The zero-order chi connectivity index (χ0) is 15.0. The molecular formula is C16H17ClO4. The van der Waals surface area contributed by atoms with Gasteiger partial charge in [-0.15, -0.1) is 0 Å². The molecule has 2 N–H and O–H groups in total. The third kappa shape index (κ3) is 2.65. The van der Waals surface area contributed by atoms with Gasteiger partial charge in [-0.1, -0.05) is 23.8 Å². The largest absolute Gasteiger partial charge is 0.493 e. The van der Waals surface area contributed by atoms with E-state index in [0.717, 1.165) is 12.0 Å². The highest BCUT2D eigenvalue weighted by atomic mass is 35.5. The smallest absolute Gasteiger partial charge is 0.307 e. The Morgan fingerprint density at radius 3 is 2.86 bits per heavy atom. The van der Waals surface area contributed by atoms with Crippen molar-refractivity contribution in [2.75, 3.05) is 6.61 Å². The van der Waals surface area contributed by atoms with Crippen LogP contribution in [0.25, 0.3) is 0 Å². The van der Waals surface area contributed by atoms with Gasteiger partial charge in [0.15, 0.2) is 0 Å². The lowest BCUT2D eigenvalue weighted by Crippen LogP contribution is -2.30. The van der Waals surface area contributed by atoms with E-state index in [2.05, 4.69) is 0 Å². The molecule has 112 valence electrons. The summed E-state index contributed by atoms with van der Waals surface area (Å²) >= 11 is 6.11. The molecule has 2 aliphatic rings. The van der Waals surface area contributed by atoms with Gasteiger partial charge in [-0.2, -0.15) is 0 Å². The molecule has 0 saturated carbocycles. The third-order valence-electron chi connectivity index (χ3n) is 4.30. The molecule has 0 aromatic heterocycles. The SMILES string of the molecule is O=C(O)C1CC=CCC1C(O)c1cc(Cl)cc2c1OCC2. The number of fused-ring (bicyclic) bond motifs is 1. The molecule has 0 amide bonds. The molecule has 1 aliphatic carbocycles. The standard InChI is InChI=1S/C16H17ClO4/c17-10-7-9-5-6-21-15(9)13(8-10)14(18)11-3-1-2-4-12(11)16(19)20/h1-2,7-8,11-12,14,18H,3-6H2,(H,19,20). The van der Waals surface area contributed by atoms with Crippen LogP contribution in [0.5, 0.6) is 5.75 Å². The molecule has 0 fully saturated rings. The lowest BCUT2D eigenvalue weighted by molar-refractivity contribution is -0.145. The number of carboxylic acid groups (broad SMARTS) is 1. The van der Waals surface area contributed by atoms with Crippen LogP contribution in [0.4, 0.5) is 0 Å². The first-order valence-electron chi connectivity index (χ1n) is 7.09. The quantitative estimate of drug-likeness (QED) is 0.842. The second-order valence-corrected chi connectivity index (χ2v) is 6.01. The highest BCUT2D eigenvalue weighted by Crippen LogP contribution is 2.43. The van der Waals surface area contributed by atoms with Crippen LogP contribution in [0.15, 0.2) is 24.3 Å². The maximum Gasteiger partial charge on any atom is 0.307 e. The first-order chi connectivity index (χ1) is 10.1. The maximum atomic E-state index is 11.4. The fraction of sp³-hybridized carbons (Fsp3) is 0.438. The predicted molar refractivity (Wildman–Crippen MR) is 78.6 cm³/mol. The minimum atomic E-state index is -0.887. The lowest BCUT2D eigenvalue weighted by atomic mass is 9.77. The van der Waals surface area contributed by atoms with Gasteiger partial charge in [0.1, 0.15) is 5.75 Å². The minimum absolute atomic E-state index is 0.362. The Bertz CT molecular complexity index is 596. The Kier molecular flexibility index (Phi) is 3.91. The molecule has 1 aromatic rings. The Morgan fingerprint density at radius 2 is 2.10 bits per heavy atom. The Morgan fingerprint density at radius 1 is 1.33 bits per heavy atom. The average molecular weight is 309 g/mol. The fourth-order valence-corrected chi connectivity index (χ4v) is 3.47. The van der Waals surface area contributed by atoms with Gasteiger partial charge in [-0.25, -0.2) is 0 Å². The van der Waals surface area contributed by atoms with Crippen molar-refractivity contribution in [2.24, 2.45) is 11.8 Å². The molecule has 0 spiro atoms. The van der Waals surface area contributed by atoms with E-state index in [1.165, 1.54) is 0 Å². The summed E-state index contributed by atoms with van der Waals surface area (Å²) in [4.78, 5) is 11.4. The van der Waals surface area contributed by atoms with Crippen molar-refractivity contribution in [3.05, 3.63) is 40.4 Å². The number of halogens is 1. The molecule has 5 heteroatoms. The van der Waals surface area contributed by atoms with E-state index >= 15 is 0 Å². The molecule has 0 saturated heterocycles. The van der Waals surface area contributed by atoms with Gasteiger partial charge < -0.3 is 14.9 Å². The Labute approximate surface area is 128 Å². The number of allylic oxidation sites excluding steroid dienone is 2. The van der Waals surface area contributed by atoms with E-state index in [1.54, 1.807) is 6.07 Å². The van der Waals surface area contributed by atoms with E-state index in [0.29, 0.717) is 35.8 Å². The van der Waals surface area contributed by atoms with Crippen molar-refractivity contribution < 1.29 is 19.7 Å². The molecule has 21 heavy (non-hydrogen) atoms. The molecule has 3 atom stereocenters. The minimum Gasteiger partial charge on any atom is -0.493 e. The number of aliphatic carboxylic acids is 1. The Hall–Kier alpha value is -1.52. The monoisotopic (exact) mass is 308 g/mol. The van der Waals surface area contributed by atoms with Crippen molar-refractivity contribution in [1.82, 2.24) is 0 Å². The van der Waals surface area contributed by atoms with Crippen LogP contribution < -0.4 is 4.74 Å². The van der Waals surface area contributed by atoms with Gasteiger partial charge in [-0.05, 0) is 30.5 Å². The Balaban J connectivity index is 1.96. The average Bonchev–Trinajstić information content (AvgIpc) is 2.93. The highest BCUT2D eigenvalue weighted by Gasteiger charge is 2.36. The van der Waals surface area contributed by atoms with Gasteiger partial charge in [0, 0.05) is 22.9 Å². The van der Waals surface area contributed by atoms with Crippen molar-refractivity contribution in [2.45, 2.75) is 25.4 Å². The number of hydrogen-bond acceptors (Lipinski definition) is 3. The second kappa shape index (κ2) is 5.70. The zero-order valence-corrected chi connectivity index (χ0v) is 12.2. The summed E-state index contributed by atoms with van der Waals surface area (Å²) in [5.74, 6) is -1.14.